The maximum Gasteiger partial charge on any atom is 0.335 e. The topological polar surface area (TPSA) is 37.3 Å². The number of hydrogen-bond donors (Lipinski definition) is 1. The molecule has 0 heterocycles. The Morgan fingerprint density at radius 2 is 1.63 bits per heavy atom. The Labute approximate surface area is 113 Å². The molecule has 4 saturated carbocycles. The summed E-state index contributed by atoms with van der Waals surface area (Å²) in [6.07, 6.45) is 7.00. The van der Waals surface area contributed by atoms with Gasteiger partial charge < -0.3 is 5.11 Å². The normalized spacial score (nSPS) is 39.5. The number of benzene rings is 1. The molecule has 0 aliphatic heterocycles. The number of aromatic carboxylic acids is 1. The lowest BCUT2D eigenvalue weighted by molar-refractivity contribution is -0.00281. The van der Waals surface area contributed by atoms with Gasteiger partial charge in [-0.3, -0.25) is 0 Å². The van der Waals surface area contributed by atoms with Crippen molar-refractivity contribution >= 4 is 5.97 Å². The van der Waals surface area contributed by atoms with Gasteiger partial charge in [0.1, 0.15) is 0 Å². The summed E-state index contributed by atoms with van der Waals surface area (Å²) in [5, 5.41) is 9.16. The number of hydrogen-bond acceptors (Lipinski definition) is 1. The van der Waals surface area contributed by atoms with Crippen molar-refractivity contribution in [2.24, 2.45) is 23.7 Å². The zero-order valence-electron chi connectivity index (χ0n) is 11.1. The second kappa shape index (κ2) is 4.09. The van der Waals surface area contributed by atoms with E-state index in [2.05, 4.69) is 6.07 Å². The van der Waals surface area contributed by atoms with E-state index < -0.39 is 5.97 Å². The number of carboxylic acids is 1. The summed E-state index contributed by atoms with van der Waals surface area (Å²) >= 11 is 0. The van der Waals surface area contributed by atoms with Gasteiger partial charge in [0.15, 0.2) is 0 Å². The molecule has 0 radical (unpaired) electrons. The SMILES string of the molecule is O=C(O)c1cccc(C2C3CC4CC(C3)CC2C4)c1. The molecule has 19 heavy (non-hydrogen) atoms. The monoisotopic (exact) mass is 256 g/mol. The van der Waals surface area contributed by atoms with E-state index in [1.165, 1.54) is 37.7 Å². The van der Waals surface area contributed by atoms with Crippen molar-refractivity contribution in [3.8, 4) is 0 Å². The van der Waals surface area contributed by atoms with Gasteiger partial charge in [-0.15, -0.1) is 0 Å². The summed E-state index contributed by atoms with van der Waals surface area (Å²) in [7, 11) is 0. The quantitative estimate of drug-likeness (QED) is 0.870. The highest BCUT2D eigenvalue weighted by Gasteiger charge is 2.48. The Morgan fingerprint density at radius 3 is 2.21 bits per heavy atom. The van der Waals surface area contributed by atoms with Gasteiger partial charge >= 0.3 is 5.97 Å². The molecule has 5 rings (SSSR count). The lowest BCUT2D eigenvalue weighted by Crippen LogP contribution is -2.43. The van der Waals surface area contributed by atoms with Crippen LogP contribution in [0.3, 0.4) is 0 Å². The third kappa shape index (κ3) is 1.80. The molecule has 2 nitrogen and oxygen atoms in total. The van der Waals surface area contributed by atoms with E-state index in [1.54, 1.807) is 6.07 Å². The molecular weight excluding hydrogens is 236 g/mol. The summed E-state index contributed by atoms with van der Waals surface area (Å²) < 4.78 is 0. The number of carbonyl (C=O) groups is 1. The standard InChI is InChI=1S/C17H20O2/c18-17(19)13-3-1-2-12(9-13)16-14-5-10-4-11(7-14)8-15(16)6-10/h1-3,9-11,14-16H,4-8H2,(H,18,19). The molecule has 1 aromatic carbocycles. The highest BCUT2D eigenvalue weighted by Crippen LogP contribution is 2.59. The summed E-state index contributed by atoms with van der Waals surface area (Å²) in [5.41, 5.74) is 1.74. The predicted molar refractivity (Wildman–Crippen MR) is 73.2 cm³/mol. The van der Waals surface area contributed by atoms with E-state index in [0.717, 1.165) is 23.7 Å². The van der Waals surface area contributed by atoms with Crippen molar-refractivity contribution in [1.82, 2.24) is 0 Å². The predicted octanol–water partition coefficient (Wildman–Crippen LogP) is 3.92. The van der Waals surface area contributed by atoms with Crippen LogP contribution in [0.4, 0.5) is 0 Å². The van der Waals surface area contributed by atoms with Crippen LogP contribution in [0.25, 0.3) is 0 Å². The molecule has 4 aliphatic rings. The van der Waals surface area contributed by atoms with Gasteiger partial charge in [-0.25, -0.2) is 4.79 Å². The molecule has 4 bridgehead atoms. The van der Waals surface area contributed by atoms with Crippen LogP contribution in [-0.4, -0.2) is 11.1 Å². The molecule has 0 amide bonds. The molecule has 0 saturated heterocycles. The van der Waals surface area contributed by atoms with Gasteiger partial charge in [-0.1, -0.05) is 12.1 Å². The first-order chi connectivity index (χ1) is 9.20. The zero-order valence-corrected chi connectivity index (χ0v) is 11.1. The molecular formula is C17H20O2. The van der Waals surface area contributed by atoms with Crippen molar-refractivity contribution in [2.75, 3.05) is 0 Å². The summed E-state index contributed by atoms with van der Waals surface area (Å²) in [6.45, 7) is 0. The first-order valence-corrected chi connectivity index (χ1v) is 7.54. The molecule has 100 valence electrons. The largest absolute Gasteiger partial charge is 0.478 e. The minimum absolute atomic E-state index is 0.450. The molecule has 4 aliphatic carbocycles. The van der Waals surface area contributed by atoms with Crippen molar-refractivity contribution in [3.05, 3.63) is 35.4 Å². The zero-order chi connectivity index (χ0) is 13.0. The van der Waals surface area contributed by atoms with Gasteiger partial charge in [0, 0.05) is 0 Å². The van der Waals surface area contributed by atoms with Gasteiger partial charge in [-0.05, 0) is 79.4 Å². The molecule has 0 spiro atoms. The fourth-order valence-corrected chi connectivity index (χ4v) is 5.35. The Hall–Kier alpha value is -1.31. The van der Waals surface area contributed by atoms with E-state index in [4.69, 9.17) is 5.11 Å². The summed E-state index contributed by atoms with van der Waals surface area (Å²) in [4.78, 5) is 11.1. The Bertz CT molecular complexity index is 492. The van der Waals surface area contributed by atoms with Crippen molar-refractivity contribution < 1.29 is 9.90 Å². The highest BCUT2D eigenvalue weighted by atomic mass is 16.4. The average molecular weight is 256 g/mol. The second-order valence-corrected chi connectivity index (χ2v) is 6.89. The van der Waals surface area contributed by atoms with Crippen LogP contribution in [0, 0.1) is 23.7 Å². The minimum Gasteiger partial charge on any atom is -0.478 e. The van der Waals surface area contributed by atoms with Crippen LogP contribution in [0.5, 0.6) is 0 Å². The molecule has 0 atom stereocenters. The third-order valence-electron chi connectivity index (χ3n) is 5.75. The molecule has 4 fully saturated rings. The van der Waals surface area contributed by atoms with Crippen LogP contribution in [0.2, 0.25) is 0 Å². The maximum atomic E-state index is 11.1. The third-order valence-corrected chi connectivity index (χ3v) is 5.75. The van der Waals surface area contributed by atoms with Crippen LogP contribution in [0.1, 0.15) is 53.9 Å². The Morgan fingerprint density at radius 1 is 1.00 bits per heavy atom. The minimum atomic E-state index is -0.800. The first kappa shape index (κ1) is 11.5. The van der Waals surface area contributed by atoms with E-state index in [-0.39, 0.29) is 0 Å². The Kier molecular flexibility index (Phi) is 2.48. The van der Waals surface area contributed by atoms with E-state index in [1.807, 2.05) is 12.1 Å². The molecule has 0 aromatic heterocycles. The first-order valence-electron chi connectivity index (χ1n) is 7.54. The van der Waals surface area contributed by atoms with Gasteiger partial charge in [0.25, 0.3) is 0 Å². The van der Waals surface area contributed by atoms with Gasteiger partial charge in [0.05, 0.1) is 5.56 Å². The van der Waals surface area contributed by atoms with Crippen LogP contribution in [-0.2, 0) is 0 Å². The molecule has 1 N–H and O–H groups in total. The van der Waals surface area contributed by atoms with Gasteiger partial charge in [0.2, 0.25) is 0 Å². The molecule has 0 unspecified atom stereocenters. The van der Waals surface area contributed by atoms with Crippen LogP contribution in [0.15, 0.2) is 24.3 Å². The summed E-state index contributed by atoms with van der Waals surface area (Å²) in [5.74, 6) is 3.42. The second-order valence-electron chi connectivity index (χ2n) is 6.89. The summed E-state index contributed by atoms with van der Waals surface area (Å²) in [6, 6.07) is 7.71. The lowest BCUT2D eigenvalue weighted by atomic mass is 9.51. The van der Waals surface area contributed by atoms with Crippen LogP contribution < -0.4 is 0 Å². The number of rotatable bonds is 2. The van der Waals surface area contributed by atoms with Crippen molar-refractivity contribution in [1.29, 1.82) is 0 Å². The van der Waals surface area contributed by atoms with Crippen molar-refractivity contribution in [2.45, 2.75) is 38.0 Å². The van der Waals surface area contributed by atoms with Crippen LogP contribution >= 0.6 is 0 Å². The van der Waals surface area contributed by atoms with Gasteiger partial charge in [-0.2, -0.15) is 0 Å². The number of carboxylic acid groups (broad SMARTS) is 1. The molecule has 1 aromatic rings. The fraction of sp³-hybridized carbons (Fsp3) is 0.588. The van der Waals surface area contributed by atoms with E-state index in [9.17, 15) is 4.79 Å². The fourth-order valence-electron chi connectivity index (χ4n) is 5.35. The highest BCUT2D eigenvalue weighted by molar-refractivity contribution is 5.87. The van der Waals surface area contributed by atoms with Crippen molar-refractivity contribution in [3.63, 3.8) is 0 Å². The lowest BCUT2D eigenvalue weighted by Gasteiger charge is -2.54. The van der Waals surface area contributed by atoms with E-state index in [0.29, 0.717) is 11.5 Å². The average Bonchev–Trinajstić information content (AvgIpc) is 2.37. The Balaban J connectivity index is 1.69. The molecule has 2 heteroatoms. The maximum absolute atomic E-state index is 11.1. The van der Waals surface area contributed by atoms with E-state index >= 15 is 0 Å². The smallest absolute Gasteiger partial charge is 0.335 e.